The number of benzene rings is 2. The lowest BCUT2D eigenvalue weighted by Gasteiger charge is -2.22. The fourth-order valence-corrected chi connectivity index (χ4v) is 2.39. The van der Waals surface area contributed by atoms with Gasteiger partial charge in [-0.1, -0.05) is 23.3 Å². The molecule has 2 N–H and O–H groups in total. The molecule has 0 bridgehead atoms. The molecule has 1 amide bonds. The highest BCUT2D eigenvalue weighted by molar-refractivity contribution is 6.06. The van der Waals surface area contributed by atoms with E-state index in [0.717, 1.165) is 16.8 Å². The molecule has 2 aromatic carbocycles. The van der Waals surface area contributed by atoms with Crippen molar-refractivity contribution >= 4 is 17.3 Å². The molecule has 104 valence electrons. The molecular weight excluding hydrogens is 248 g/mol. The van der Waals surface area contributed by atoms with Crippen LogP contribution in [0.1, 0.15) is 28.4 Å². The maximum absolute atomic E-state index is 12.7. The van der Waals surface area contributed by atoms with E-state index in [1.165, 1.54) is 0 Å². The second-order valence-electron chi connectivity index (χ2n) is 5.02. The summed E-state index contributed by atoms with van der Waals surface area (Å²) in [5, 5.41) is 0. The minimum atomic E-state index is 0.00454. The number of nitrogens with zero attached hydrogens (tertiary/aromatic N) is 1. The van der Waals surface area contributed by atoms with Crippen molar-refractivity contribution in [3.05, 3.63) is 59.2 Å². The predicted molar refractivity (Wildman–Crippen MR) is 84.1 cm³/mol. The van der Waals surface area contributed by atoms with Gasteiger partial charge in [-0.25, -0.2) is 0 Å². The Balaban J connectivity index is 2.38. The third-order valence-corrected chi connectivity index (χ3v) is 3.21. The van der Waals surface area contributed by atoms with Gasteiger partial charge in [-0.05, 0) is 51.1 Å². The molecule has 0 aliphatic carbocycles. The van der Waals surface area contributed by atoms with Crippen LogP contribution in [-0.2, 0) is 0 Å². The van der Waals surface area contributed by atoms with Gasteiger partial charge in [-0.15, -0.1) is 0 Å². The zero-order chi connectivity index (χ0) is 14.7. The summed E-state index contributed by atoms with van der Waals surface area (Å²) < 4.78 is 0. The van der Waals surface area contributed by atoms with Crippen molar-refractivity contribution < 1.29 is 4.79 Å². The molecule has 0 aliphatic rings. The maximum atomic E-state index is 12.7. The third-order valence-electron chi connectivity index (χ3n) is 3.21. The van der Waals surface area contributed by atoms with Crippen LogP contribution in [0.25, 0.3) is 0 Å². The molecule has 0 saturated carbocycles. The van der Waals surface area contributed by atoms with E-state index in [2.05, 4.69) is 6.07 Å². The molecule has 2 aromatic rings. The van der Waals surface area contributed by atoms with Crippen molar-refractivity contribution in [3.63, 3.8) is 0 Å². The number of anilines is 2. The van der Waals surface area contributed by atoms with Gasteiger partial charge in [0, 0.05) is 23.5 Å². The van der Waals surface area contributed by atoms with Gasteiger partial charge in [0.2, 0.25) is 0 Å². The summed E-state index contributed by atoms with van der Waals surface area (Å²) in [4.78, 5) is 14.4. The Morgan fingerprint density at radius 1 is 1.10 bits per heavy atom. The second-order valence-corrected chi connectivity index (χ2v) is 5.02. The van der Waals surface area contributed by atoms with E-state index in [1.54, 1.807) is 4.90 Å². The number of hydrogen-bond donors (Lipinski definition) is 1. The Morgan fingerprint density at radius 2 is 1.75 bits per heavy atom. The fourth-order valence-electron chi connectivity index (χ4n) is 2.39. The maximum Gasteiger partial charge on any atom is 0.258 e. The van der Waals surface area contributed by atoms with Crippen LogP contribution in [0, 0.1) is 13.8 Å². The molecule has 0 heterocycles. The minimum Gasteiger partial charge on any atom is -0.399 e. The average Bonchev–Trinajstić information content (AvgIpc) is 2.38. The first-order valence-corrected chi connectivity index (χ1v) is 6.77. The van der Waals surface area contributed by atoms with E-state index in [-0.39, 0.29) is 5.91 Å². The summed E-state index contributed by atoms with van der Waals surface area (Å²) in [6.07, 6.45) is 0. The van der Waals surface area contributed by atoms with E-state index in [9.17, 15) is 4.79 Å². The van der Waals surface area contributed by atoms with Gasteiger partial charge in [-0.2, -0.15) is 0 Å². The lowest BCUT2D eigenvalue weighted by molar-refractivity contribution is 0.0988. The van der Waals surface area contributed by atoms with Crippen molar-refractivity contribution in [2.75, 3.05) is 17.2 Å². The standard InChI is InChI=1S/C17H20N2O/c1-4-19(16-7-5-6-15(18)11-16)17(20)14-9-12(2)8-13(3)10-14/h5-11H,4,18H2,1-3H3. The highest BCUT2D eigenvalue weighted by Crippen LogP contribution is 2.20. The zero-order valence-electron chi connectivity index (χ0n) is 12.2. The first kappa shape index (κ1) is 14.1. The summed E-state index contributed by atoms with van der Waals surface area (Å²) in [6, 6.07) is 13.3. The Kier molecular flexibility index (Phi) is 4.08. The highest BCUT2D eigenvalue weighted by Gasteiger charge is 2.16. The van der Waals surface area contributed by atoms with Crippen molar-refractivity contribution in [1.82, 2.24) is 0 Å². The first-order valence-electron chi connectivity index (χ1n) is 6.77. The van der Waals surface area contributed by atoms with Crippen LogP contribution in [0.5, 0.6) is 0 Å². The van der Waals surface area contributed by atoms with Gasteiger partial charge < -0.3 is 10.6 Å². The van der Waals surface area contributed by atoms with Crippen LogP contribution in [0.2, 0.25) is 0 Å². The number of nitrogen functional groups attached to an aromatic ring is 1. The summed E-state index contributed by atoms with van der Waals surface area (Å²) >= 11 is 0. The number of carbonyl (C=O) groups excluding carboxylic acids is 1. The second kappa shape index (κ2) is 5.78. The molecule has 0 unspecified atom stereocenters. The van der Waals surface area contributed by atoms with Gasteiger partial charge in [0.15, 0.2) is 0 Å². The lowest BCUT2D eigenvalue weighted by atomic mass is 10.1. The lowest BCUT2D eigenvalue weighted by Crippen LogP contribution is -2.30. The molecule has 0 fully saturated rings. The number of amides is 1. The Bertz CT molecular complexity index is 614. The smallest absolute Gasteiger partial charge is 0.258 e. The molecule has 2 rings (SSSR count). The van der Waals surface area contributed by atoms with Gasteiger partial charge >= 0.3 is 0 Å². The molecule has 0 spiro atoms. The molecule has 20 heavy (non-hydrogen) atoms. The van der Waals surface area contributed by atoms with E-state index in [1.807, 2.05) is 57.2 Å². The van der Waals surface area contributed by atoms with Crippen LogP contribution in [0.15, 0.2) is 42.5 Å². The molecule has 0 saturated heterocycles. The van der Waals surface area contributed by atoms with E-state index >= 15 is 0 Å². The highest BCUT2D eigenvalue weighted by atomic mass is 16.2. The Hall–Kier alpha value is -2.29. The molecule has 0 atom stereocenters. The molecular formula is C17H20N2O. The van der Waals surface area contributed by atoms with Gasteiger partial charge in [0.25, 0.3) is 5.91 Å². The number of hydrogen-bond acceptors (Lipinski definition) is 2. The van der Waals surface area contributed by atoms with Gasteiger partial charge in [0.1, 0.15) is 0 Å². The van der Waals surface area contributed by atoms with Crippen LogP contribution in [0.4, 0.5) is 11.4 Å². The molecule has 3 heteroatoms. The molecule has 3 nitrogen and oxygen atoms in total. The summed E-state index contributed by atoms with van der Waals surface area (Å²) in [7, 11) is 0. The average molecular weight is 268 g/mol. The molecule has 0 aliphatic heterocycles. The van der Waals surface area contributed by atoms with Crippen LogP contribution < -0.4 is 10.6 Å². The van der Waals surface area contributed by atoms with E-state index in [4.69, 9.17) is 5.73 Å². The van der Waals surface area contributed by atoms with E-state index in [0.29, 0.717) is 17.8 Å². The number of aryl methyl sites for hydroxylation is 2. The first-order chi connectivity index (χ1) is 9.51. The van der Waals surface area contributed by atoms with Crippen molar-refractivity contribution in [3.8, 4) is 0 Å². The molecule has 0 radical (unpaired) electrons. The normalized spacial score (nSPS) is 10.3. The Labute approximate surface area is 120 Å². The zero-order valence-corrected chi connectivity index (χ0v) is 12.2. The summed E-state index contributed by atoms with van der Waals surface area (Å²) in [6.45, 7) is 6.57. The van der Waals surface area contributed by atoms with Gasteiger partial charge in [-0.3, -0.25) is 4.79 Å². The number of nitrogens with two attached hydrogens (primary N) is 1. The van der Waals surface area contributed by atoms with Crippen molar-refractivity contribution in [2.24, 2.45) is 0 Å². The van der Waals surface area contributed by atoms with Gasteiger partial charge in [0.05, 0.1) is 0 Å². The SMILES string of the molecule is CCN(C(=O)c1cc(C)cc(C)c1)c1cccc(N)c1. The minimum absolute atomic E-state index is 0.00454. The van der Waals surface area contributed by atoms with E-state index < -0.39 is 0 Å². The van der Waals surface area contributed by atoms with Crippen LogP contribution >= 0.6 is 0 Å². The van der Waals surface area contributed by atoms with Crippen molar-refractivity contribution in [2.45, 2.75) is 20.8 Å². The monoisotopic (exact) mass is 268 g/mol. The topological polar surface area (TPSA) is 46.3 Å². The summed E-state index contributed by atoms with van der Waals surface area (Å²) in [5.41, 5.74) is 10.2. The largest absolute Gasteiger partial charge is 0.399 e. The fraction of sp³-hybridized carbons (Fsp3) is 0.235. The van der Waals surface area contributed by atoms with Crippen molar-refractivity contribution in [1.29, 1.82) is 0 Å². The van der Waals surface area contributed by atoms with Crippen LogP contribution in [-0.4, -0.2) is 12.5 Å². The quantitative estimate of drug-likeness (QED) is 0.865. The predicted octanol–water partition coefficient (Wildman–Crippen LogP) is 3.55. The number of carbonyl (C=O) groups is 1. The summed E-state index contributed by atoms with van der Waals surface area (Å²) in [5.74, 6) is 0.00454. The van der Waals surface area contributed by atoms with Crippen LogP contribution in [0.3, 0.4) is 0 Å². The number of rotatable bonds is 3. The molecule has 0 aromatic heterocycles. The third kappa shape index (κ3) is 2.99. The Morgan fingerprint density at radius 3 is 2.30 bits per heavy atom.